The molecule has 2 aromatic rings. The van der Waals surface area contributed by atoms with Gasteiger partial charge in [-0.05, 0) is 35.9 Å². The van der Waals surface area contributed by atoms with Gasteiger partial charge in [0.1, 0.15) is 24.6 Å². The zero-order valence-electron chi connectivity index (χ0n) is 14.3. The fourth-order valence-electron chi connectivity index (χ4n) is 2.48. The Kier molecular flexibility index (Phi) is 5.87. The van der Waals surface area contributed by atoms with Crippen LogP contribution in [0, 0.1) is 0 Å². The maximum absolute atomic E-state index is 12.1. The van der Waals surface area contributed by atoms with Gasteiger partial charge in [-0.25, -0.2) is 9.69 Å². The lowest BCUT2D eigenvalue weighted by atomic mass is 10.2. The summed E-state index contributed by atoms with van der Waals surface area (Å²) in [5, 5.41) is 12.2. The molecule has 0 atom stereocenters. The SMILES string of the molecule is O=C(O)CN1C(=O)N/C(=C/c2ccc(OCc3ccc(Cl)cc3Cl)cc2)C1=O. The van der Waals surface area contributed by atoms with Crippen LogP contribution < -0.4 is 10.1 Å². The van der Waals surface area contributed by atoms with Crippen LogP contribution in [0.15, 0.2) is 48.2 Å². The van der Waals surface area contributed by atoms with E-state index in [0.717, 1.165) is 5.56 Å². The molecule has 2 N–H and O–H groups in total. The van der Waals surface area contributed by atoms with Gasteiger partial charge in [-0.2, -0.15) is 0 Å². The quantitative estimate of drug-likeness (QED) is 0.550. The Hall–Kier alpha value is -3.03. The number of hydrogen-bond donors (Lipinski definition) is 2. The van der Waals surface area contributed by atoms with Crippen molar-refractivity contribution in [3.8, 4) is 5.75 Å². The first kappa shape index (κ1) is 19.7. The highest BCUT2D eigenvalue weighted by Gasteiger charge is 2.34. The number of urea groups is 1. The molecule has 0 unspecified atom stereocenters. The molecule has 1 saturated heterocycles. The summed E-state index contributed by atoms with van der Waals surface area (Å²) in [7, 11) is 0. The third-order valence-corrected chi connectivity index (χ3v) is 4.44. The number of nitrogens with one attached hydrogen (secondary N) is 1. The number of halogens is 2. The molecule has 0 radical (unpaired) electrons. The van der Waals surface area contributed by atoms with E-state index in [4.69, 9.17) is 33.0 Å². The summed E-state index contributed by atoms with van der Waals surface area (Å²) in [4.78, 5) is 35.2. The molecule has 0 aromatic heterocycles. The topological polar surface area (TPSA) is 95.9 Å². The van der Waals surface area contributed by atoms with Crippen LogP contribution in [-0.2, 0) is 16.2 Å². The maximum atomic E-state index is 12.1. The van der Waals surface area contributed by atoms with Gasteiger partial charge < -0.3 is 15.2 Å². The summed E-state index contributed by atoms with van der Waals surface area (Å²) in [6.45, 7) is -0.433. The molecule has 0 spiro atoms. The van der Waals surface area contributed by atoms with Gasteiger partial charge in [0.25, 0.3) is 5.91 Å². The van der Waals surface area contributed by atoms with Gasteiger partial charge in [0, 0.05) is 15.6 Å². The Morgan fingerprint density at radius 3 is 2.50 bits per heavy atom. The lowest BCUT2D eigenvalue weighted by molar-refractivity contribution is -0.140. The minimum absolute atomic E-state index is 0.00728. The molecular formula is C19H14Cl2N2O5. The number of amides is 3. The zero-order chi connectivity index (χ0) is 20.3. The van der Waals surface area contributed by atoms with Crippen LogP contribution in [0.3, 0.4) is 0 Å². The Morgan fingerprint density at radius 2 is 1.86 bits per heavy atom. The Bertz CT molecular complexity index is 973. The lowest BCUT2D eigenvalue weighted by Crippen LogP contribution is -2.35. The van der Waals surface area contributed by atoms with Crippen LogP contribution in [0.25, 0.3) is 6.08 Å². The molecule has 1 fully saturated rings. The predicted octanol–water partition coefficient (Wildman–Crippen LogP) is 3.55. The van der Waals surface area contributed by atoms with Crippen LogP contribution in [0.5, 0.6) is 5.75 Å². The average molecular weight is 421 g/mol. The van der Waals surface area contributed by atoms with E-state index < -0.39 is 24.5 Å². The smallest absolute Gasteiger partial charge is 0.329 e. The fraction of sp³-hybridized carbons (Fsp3) is 0.105. The minimum atomic E-state index is -1.27. The summed E-state index contributed by atoms with van der Waals surface area (Å²) < 4.78 is 5.68. The number of aliphatic carboxylic acids is 1. The highest BCUT2D eigenvalue weighted by molar-refractivity contribution is 6.35. The van der Waals surface area contributed by atoms with Gasteiger partial charge in [-0.15, -0.1) is 0 Å². The molecule has 0 aliphatic carbocycles. The van der Waals surface area contributed by atoms with E-state index in [1.807, 2.05) is 0 Å². The first-order chi connectivity index (χ1) is 13.3. The summed E-state index contributed by atoms with van der Waals surface area (Å²) >= 11 is 12.0. The van der Waals surface area contributed by atoms with Crippen molar-refractivity contribution in [1.82, 2.24) is 10.2 Å². The van der Waals surface area contributed by atoms with Crippen molar-refractivity contribution in [2.45, 2.75) is 6.61 Å². The van der Waals surface area contributed by atoms with Gasteiger partial charge >= 0.3 is 12.0 Å². The average Bonchev–Trinajstić information content (AvgIpc) is 2.89. The van der Waals surface area contributed by atoms with Crippen molar-refractivity contribution in [1.29, 1.82) is 0 Å². The Labute approximate surface area is 170 Å². The molecule has 0 saturated carbocycles. The van der Waals surface area contributed by atoms with Crippen molar-refractivity contribution in [2.24, 2.45) is 0 Å². The van der Waals surface area contributed by atoms with Crippen LogP contribution in [0.4, 0.5) is 4.79 Å². The molecule has 3 rings (SSSR count). The van der Waals surface area contributed by atoms with Gasteiger partial charge in [0.2, 0.25) is 0 Å². The number of rotatable bonds is 6. The van der Waals surface area contributed by atoms with E-state index in [1.54, 1.807) is 42.5 Å². The fourth-order valence-corrected chi connectivity index (χ4v) is 2.94. The van der Waals surface area contributed by atoms with Crippen LogP contribution >= 0.6 is 23.2 Å². The first-order valence-electron chi connectivity index (χ1n) is 8.06. The second-order valence-electron chi connectivity index (χ2n) is 5.87. The minimum Gasteiger partial charge on any atom is -0.489 e. The third kappa shape index (κ3) is 4.62. The van der Waals surface area contributed by atoms with Crippen LogP contribution in [-0.4, -0.2) is 34.5 Å². The zero-order valence-corrected chi connectivity index (χ0v) is 15.8. The van der Waals surface area contributed by atoms with E-state index in [9.17, 15) is 14.4 Å². The predicted molar refractivity (Wildman–Crippen MR) is 103 cm³/mol. The first-order valence-corrected chi connectivity index (χ1v) is 8.82. The monoisotopic (exact) mass is 420 g/mol. The number of ether oxygens (including phenoxy) is 1. The molecule has 144 valence electrons. The second kappa shape index (κ2) is 8.33. The van der Waals surface area contributed by atoms with E-state index >= 15 is 0 Å². The summed E-state index contributed by atoms with van der Waals surface area (Å²) in [5.74, 6) is -1.38. The molecule has 1 aliphatic heterocycles. The maximum Gasteiger partial charge on any atom is 0.329 e. The number of carboxylic acids is 1. The van der Waals surface area contributed by atoms with Gasteiger partial charge in [-0.3, -0.25) is 9.59 Å². The van der Waals surface area contributed by atoms with Gasteiger partial charge in [0.15, 0.2) is 0 Å². The van der Waals surface area contributed by atoms with Crippen molar-refractivity contribution in [2.75, 3.05) is 6.54 Å². The van der Waals surface area contributed by atoms with E-state index in [1.165, 1.54) is 6.08 Å². The molecule has 2 aromatic carbocycles. The molecule has 0 bridgehead atoms. The number of nitrogens with zero attached hydrogens (tertiary/aromatic N) is 1. The Morgan fingerprint density at radius 1 is 1.14 bits per heavy atom. The summed E-state index contributed by atoms with van der Waals surface area (Å²) in [5.41, 5.74) is 1.43. The molecule has 1 aliphatic rings. The lowest BCUT2D eigenvalue weighted by Gasteiger charge is -2.08. The van der Waals surface area contributed by atoms with Crippen molar-refractivity contribution < 1.29 is 24.2 Å². The summed E-state index contributed by atoms with van der Waals surface area (Å²) in [6.07, 6.45) is 1.46. The molecule has 9 heteroatoms. The highest BCUT2D eigenvalue weighted by atomic mass is 35.5. The second-order valence-corrected chi connectivity index (χ2v) is 6.71. The number of hydrogen-bond acceptors (Lipinski definition) is 4. The standard InChI is InChI=1S/C19H14Cl2N2O5/c20-13-4-3-12(15(21)8-13)10-28-14-5-1-11(2-6-14)7-16-18(26)23(9-17(24)25)19(27)22-16/h1-8H,9-10H2,(H,22,27)(H,24,25)/b16-7+. The molecule has 7 nitrogen and oxygen atoms in total. The molecule has 3 amide bonds. The number of carbonyl (C=O) groups is 3. The van der Waals surface area contributed by atoms with Gasteiger partial charge in [0.05, 0.1) is 0 Å². The van der Waals surface area contributed by atoms with Gasteiger partial charge in [-0.1, -0.05) is 41.4 Å². The van der Waals surface area contributed by atoms with E-state index in [0.29, 0.717) is 26.3 Å². The number of carbonyl (C=O) groups excluding carboxylic acids is 2. The Balaban J connectivity index is 1.66. The van der Waals surface area contributed by atoms with Crippen molar-refractivity contribution in [3.05, 3.63) is 69.3 Å². The number of carboxylic acid groups (broad SMARTS) is 1. The number of imide groups is 1. The highest BCUT2D eigenvalue weighted by Crippen LogP contribution is 2.23. The van der Waals surface area contributed by atoms with Crippen molar-refractivity contribution >= 4 is 47.2 Å². The number of benzene rings is 2. The summed E-state index contributed by atoms with van der Waals surface area (Å²) in [6, 6.07) is 11.2. The third-order valence-electron chi connectivity index (χ3n) is 3.86. The van der Waals surface area contributed by atoms with Crippen molar-refractivity contribution in [3.63, 3.8) is 0 Å². The molecule has 28 heavy (non-hydrogen) atoms. The molecular weight excluding hydrogens is 407 g/mol. The largest absolute Gasteiger partial charge is 0.489 e. The van der Waals surface area contributed by atoms with E-state index in [-0.39, 0.29) is 12.3 Å². The normalized spacial score (nSPS) is 15.1. The van der Waals surface area contributed by atoms with Crippen LogP contribution in [0.1, 0.15) is 11.1 Å². The van der Waals surface area contributed by atoms with Crippen LogP contribution in [0.2, 0.25) is 10.0 Å². The van der Waals surface area contributed by atoms with E-state index in [2.05, 4.69) is 5.32 Å². The molecule has 1 heterocycles.